The van der Waals surface area contributed by atoms with Crippen LogP contribution in [0.15, 0.2) is 60.9 Å². The minimum absolute atomic E-state index is 0.721. The first-order valence-corrected chi connectivity index (χ1v) is 9.39. The van der Waals surface area contributed by atoms with Crippen molar-refractivity contribution in [3.63, 3.8) is 0 Å². The van der Waals surface area contributed by atoms with E-state index in [1.807, 2.05) is 36.5 Å². The third-order valence-corrected chi connectivity index (χ3v) is 4.85. The highest BCUT2D eigenvalue weighted by Gasteiger charge is 2.06. The van der Waals surface area contributed by atoms with Crippen LogP contribution in [0.25, 0.3) is 22.2 Å². The van der Waals surface area contributed by atoms with Crippen molar-refractivity contribution in [3.05, 3.63) is 71.5 Å². The van der Waals surface area contributed by atoms with Crippen molar-refractivity contribution in [2.45, 2.75) is 12.8 Å². The van der Waals surface area contributed by atoms with Gasteiger partial charge in [0.1, 0.15) is 5.75 Å². The van der Waals surface area contributed by atoms with Crippen LogP contribution in [0.2, 0.25) is 0 Å². The van der Waals surface area contributed by atoms with Gasteiger partial charge in [0.15, 0.2) is 10.8 Å². The minimum atomic E-state index is 0.721. The van der Waals surface area contributed by atoms with Crippen LogP contribution in [-0.4, -0.2) is 21.5 Å². The van der Waals surface area contributed by atoms with E-state index in [-0.39, 0.29) is 0 Å². The first kappa shape index (κ1) is 17.2. The predicted molar refractivity (Wildman–Crippen MR) is 109 cm³/mol. The number of hydrogen-bond acceptors (Lipinski definition) is 5. The van der Waals surface area contributed by atoms with Crippen LogP contribution in [0.1, 0.15) is 17.0 Å². The lowest BCUT2D eigenvalue weighted by Crippen LogP contribution is -1.86. The van der Waals surface area contributed by atoms with E-state index >= 15 is 0 Å². The molecule has 0 radical (unpaired) electrons. The molecule has 27 heavy (non-hydrogen) atoms. The molecule has 4 rings (SSSR count). The largest absolute Gasteiger partial charge is 0.497 e. The number of methoxy groups -OCH3 is 1. The van der Waals surface area contributed by atoms with Gasteiger partial charge in [-0.1, -0.05) is 30.2 Å². The zero-order chi connectivity index (χ0) is 18.5. The van der Waals surface area contributed by atoms with Gasteiger partial charge >= 0.3 is 0 Å². The summed E-state index contributed by atoms with van der Waals surface area (Å²) in [7, 11) is 1.67. The van der Waals surface area contributed by atoms with Gasteiger partial charge in [0.05, 0.1) is 7.11 Å². The monoisotopic (exact) mass is 371 g/mol. The second kappa shape index (κ2) is 7.98. The summed E-state index contributed by atoms with van der Waals surface area (Å²) in [5.41, 5.74) is 2.24. The number of ether oxygens (including phenoxy) is 1. The normalized spacial score (nSPS) is 10.4. The van der Waals surface area contributed by atoms with Crippen molar-refractivity contribution in [2.24, 2.45) is 0 Å². The molecule has 2 heterocycles. The summed E-state index contributed by atoms with van der Waals surface area (Å²) in [4.78, 5) is 8.69. The van der Waals surface area contributed by atoms with Crippen LogP contribution in [0, 0.1) is 11.8 Å². The third kappa shape index (κ3) is 4.13. The number of fused-ring (bicyclic) bond motifs is 1. The van der Waals surface area contributed by atoms with E-state index in [0.717, 1.165) is 45.8 Å². The zero-order valence-corrected chi connectivity index (χ0v) is 15.7. The van der Waals surface area contributed by atoms with E-state index in [0.29, 0.717) is 0 Å². The van der Waals surface area contributed by atoms with Gasteiger partial charge in [-0.2, -0.15) is 4.37 Å². The lowest BCUT2D eigenvalue weighted by Gasteiger charge is -2.00. The molecule has 0 aliphatic heterocycles. The molecule has 0 N–H and O–H groups in total. The first-order valence-electron chi connectivity index (χ1n) is 8.61. The molecule has 0 amide bonds. The van der Waals surface area contributed by atoms with E-state index in [9.17, 15) is 0 Å². The summed E-state index contributed by atoms with van der Waals surface area (Å²) in [5.74, 6) is 7.91. The fourth-order valence-electron chi connectivity index (χ4n) is 2.75. The van der Waals surface area contributed by atoms with Gasteiger partial charge in [0, 0.05) is 29.8 Å². The van der Waals surface area contributed by atoms with Gasteiger partial charge in [0.2, 0.25) is 0 Å². The smallest absolute Gasteiger partial charge is 0.187 e. The molecule has 0 saturated carbocycles. The van der Waals surface area contributed by atoms with Gasteiger partial charge in [-0.15, -0.1) is 0 Å². The Balaban J connectivity index is 1.42. The maximum atomic E-state index is 5.17. The van der Waals surface area contributed by atoms with Crippen LogP contribution in [0.3, 0.4) is 0 Å². The molecule has 0 fully saturated rings. The van der Waals surface area contributed by atoms with Crippen molar-refractivity contribution in [3.8, 4) is 29.0 Å². The summed E-state index contributed by atoms with van der Waals surface area (Å²) in [6.07, 6.45) is 5.33. The Kier molecular flexibility index (Phi) is 5.08. The van der Waals surface area contributed by atoms with Gasteiger partial charge in [-0.05, 0) is 59.1 Å². The summed E-state index contributed by atoms with van der Waals surface area (Å²) in [6.45, 7) is 0. The molecule has 132 valence electrons. The second-order valence-corrected chi connectivity index (χ2v) is 6.76. The summed E-state index contributed by atoms with van der Waals surface area (Å²) >= 11 is 1.34. The van der Waals surface area contributed by atoms with E-state index in [2.05, 4.69) is 44.4 Å². The molecule has 2 aromatic heterocycles. The van der Waals surface area contributed by atoms with Crippen molar-refractivity contribution in [2.75, 3.05) is 7.11 Å². The molecular formula is C22H17N3OS. The van der Waals surface area contributed by atoms with Crippen molar-refractivity contribution in [1.29, 1.82) is 0 Å². The molecule has 0 atom stereocenters. The number of benzene rings is 2. The Morgan fingerprint density at radius 1 is 1.04 bits per heavy atom. The Morgan fingerprint density at radius 3 is 2.78 bits per heavy atom. The van der Waals surface area contributed by atoms with Crippen LogP contribution in [0.5, 0.6) is 5.75 Å². The summed E-state index contributed by atoms with van der Waals surface area (Å²) < 4.78 is 9.62. The molecule has 4 nitrogen and oxygen atoms in total. The van der Waals surface area contributed by atoms with Crippen molar-refractivity contribution in [1.82, 2.24) is 14.3 Å². The average molecular weight is 371 g/mol. The summed E-state index contributed by atoms with van der Waals surface area (Å²) in [6, 6.07) is 16.2. The number of nitrogens with zero attached hydrogens (tertiary/aromatic N) is 3. The highest BCUT2D eigenvalue weighted by atomic mass is 32.1. The number of aryl methyl sites for hydroxylation is 1. The van der Waals surface area contributed by atoms with Gasteiger partial charge < -0.3 is 4.74 Å². The SMILES string of the molecule is COc1ccc(CCC#Cc2nc(-c3ccc4cnccc4c3)ns2)cc1. The van der Waals surface area contributed by atoms with Crippen molar-refractivity contribution >= 4 is 22.3 Å². The molecular weight excluding hydrogens is 354 g/mol. The lowest BCUT2D eigenvalue weighted by molar-refractivity contribution is 0.414. The molecule has 2 aromatic carbocycles. The van der Waals surface area contributed by atoms with E-state index in [4.69, 9.17) is 4.74 Å². The zero-order valence-electron chi connectivity index (χ0n) is 14.8. The highest BCUT2D eigenvalue weighted by molar-refractivity contribution is 7.06. The summed E-state index contributed by atoms with van der Waals surface area (Å²) in [5, 5.41) is 2.98. The molecule has 0 unspecified atom stereocenters. The molecule has 0 bridgehead atoms. The van der Waals surface area contributed by atoms with E-state index in [1.165, 1.54) is 17.1 Å². The minimum Gasteiger partial charge on any atom is -0.497 e. The number of hydrogen-bond donors (Lipinski definition) is 0. The molecule has 0 saturated heterocycles. The molecule has 0 aliphatic carbocycles. The van der Waals surface area contributed by atoms with E-state index in [1.54, 1.807) is 13.3 Å². The van der Waals surface area contributed by atoms with Gasteiger partial charge in [-0.25, -0.2) is 4.98 Å². The molecule has 0 aliphatic rings. The highest BCUT2D eigenvalue weighted by Crippen LogP contribution is 2.22. The Morgan fingerprint density at radius 2 is 1.93 bits per heavy atom. The fourth-order valence-corrected chi connectivity index (χ4v) is 3.32. The maximum absolute atomic E-state index is 5.17. The predicted octanol–water partition coefficient (Wildman–Crippen LogP) is 4.75. The average Bonchev–Trinajstić information content (AvgIpc) is 3.20. The van der Waals surface area contributed by atoms with Crippen LogP contribution < -0.4 is 4.74 Å². The topological polar surface area (TPSA) is 47.9 Å². The van der Waals surface area contributed by atoms with Crippen LogP contribution >= 0.6 is 11.5 Å². The Labute approximate surface area is 162 Å². The van der Waals surface area contributed by atoms with Crippen LogP contribution in [-0.2, 0) is 6.42 Å². The Hall–Kier alpha value is -3.23. The maximum Gasteiger partial charge on any atom is 0.187 e. The van der Waals surface area contributed by atoms with E-state index < -0.39 is 0 Å². The lowest BCUT2D eigenvalue weighted by atomic mass is 10.1. The Bertz CT molecular complexity index is 1120. The quantitative estimate of drug-likeness (QED) is 0.486. The first-order chi connectivity index (χ1) is 13.3. The van der Waals surface area contributed by atoms with Gasteiger partial charge in [-0.3, -0.25) is 4.98 Å². The van der Waals surface area contributed by atoms with Gasteiger partial charge in [0.25, 0.3) is 0 Å². The number of aromatic nitrogens is 3. The molecule has 4 aromatic rings. The number of rotatable bonds is 4. The molecule has 0 spiro atoms. The third-order valence-electron chi connectivity index (χ3n) is 4.22. The molecule has 5 heteroatoms. The number of pyridine rings is 1. The second-order valence-electron chi connectivity index (χ2n) is 6.01. The van der Waals surface area contributed by atoms with Crippen molar-refractivity contribution < 1.29 is 4.74 Å². The standard InChI is InChI=1S/C22H17N3OS/c1-26-20-10-6-16(7-11-20)4-2-3-5-21-24-22(25-27-21)18-8-9-19-15-23-13-12-17(19)14-18/h6-15H,2,4H2,1H3. The fraction of sp³-hybridized carbons (Fsp3) is 0.136. The van der Waals surface area contributed by atoms with Crippen LogP contribution in [0.4, 0.5) is 0 Å².